The van der Waals surface area contributed by atoms with Gasteiger partial charge in [-0.05, 0) is 25.7 Å². The monoisotopic (exact) mass is 382 g/mol. The standard InChI is InChI=1S/C25H50O2/c1-5-7-9-10-11-12-13-14-15-16-17-18-20-22-24(21-19-8-6-2)27-25(26)23(3)4/h23-24H,5-22H2,1-4H3. The second-order valence-electron chi connectivity index (χ2n) is 8.74. The largest absolute Gasteiger partial charge is 0.462 e. The zero-order chi connectivity index (χ0) is 20.2. The van der Waals surface area contributed by atoms with E-state index in [4.69, 9.17) is 4.74 Å². The first-order chi connectivity index (χ1) is 13.1. The average molecular weight is 383 g/mol. The van der Waals surface area contributed by atoms with Crippen LogP contribution in [0.5, 0.6) is 0 Å². The van der Waals surface area contributed by atoms with Gasteiger partial charge in [-0.25, -0.2) is 0 Å². The number of hydrogen-bond acceptors (Lipinski definition) is 2. The lowest BCUT2D eigenvalue weighted by atomic mass is 10.0. The van der Waals surface area contributed by atoms with Crippen LogP contribution in [-0.4, -0.2) is 12.1 Å². The minimum Gasteiger partial charge on any atom is -0.462 e. The normalized spacial score (nSPS) is 12.5. The number of ether oxygens (including phenoxy) is 1. The predicted octanol–water partition coefficient (Wildman–Crippen LogP) is 8.62. The van der Waals surface area contributed by atoms with Crippen molar-refractivity contribution in [1.29, 1.82) is 0 Å². The maximum Gasteiger partial charge on any atom is 0.308 e. The van der Waals surface area contributed by atoms with Gasteiger partial charge in [0.15, 0.2) is 0 Å². The van der Waals surface area contributed by atoms with Crippen LogP contribution in [0.4, 0.5) is 0 Å². The summed E-state index contributed by atoms with van der Waals surface area (Å²) in [4.78, 5) is 11.9. The molecule has 0 bridgehead atoms. The Morgan fingerprint density at radius 3 is 1.33 bits per heavy atom. The highest BCUT2D eigenvalue weighted by Gasteiger charge is 2.16. The van der Waals surface area contributed by atoms with E-state index in [1.807, 2.05) is 13.8 Å². The Hall–Kier alpha value is -0.530. The van der Waals surface area contributed by atoms with Gasteiger partial charge in [-0.3, -0.25) is 4.79 Å². The molecule has 0 radical (unpaired) electrons. The Kier molecular flexibility index (Phi) is 19.8. The summed E-state index contributed by atoms with van der Waals surface area (Å²) in [6.07, 6.45) is 23.9. The van der Waals surface area contributed by atoms with Gasteiger partial charge in [-0.15, -0.1) is 0 Å². The molecule has 0 aromatic rings. The second kappa shape index (κ2) is 20.2. The number of rotatable bonds is 20. The van der Waals surface area contributed by atoms with Gasteiger partial charge in [0.25, 0.3) is 0 Å². The van der Waals surface area contributed by atoms with Gasteiger partial charge in [0.2, 0.25) is 0 Å². The summed E-state index contributed by atoms with van der Waals surface area (Å²) in [7, 11) is 0. The molecule has 0 saturated carbocycles. The molecular weight excluding hydrogens is 332 g/mol. The maximum atomic E-state index is 11.9. The maximum absolute atomic E-state index is 11.9. The van der Waals surface area contributed by atoms with Crippen LogP contribution in [0.1, 0.15) is 143 Å². The number of carbonyl (C=O) groups excluding carboxylic acids is 1. The van der Waals surface area contributed by atoms with E-state index < -0.39 is 0 Å². The fourth-order valence-corrected chi connectivity index (χ4v) is 3.57. The molecule has 0 fully saturated rings. The summed E-state index contributed by atoms with van der Waals surface area (Å²) in [6, 6.07) is 0. The summed E-state index contributed by atoms with van der Waals surface area (Å²) >= 11 is 0. The van der Waals surface area contributed by atoms with Crippen molar-refractivity contribution in [3.63, 3.8) is 0 Å². The summed E-state index contributed by atoms with van der Waals surface area (Å²) < 4.78 is 5.73. The van der Waals surface area contributed by atoms with Crippen molar-refractivity contribution in [1.82, 2.24) is 0 Å². The molecule has 1 unspecified atom stereocenters. The SMILES string of the molecule is CCCCCCCCCCCCCCCC(CCCCC)OC(=O)C(C)C. The highest BCUT2D eigenvalue weighted by Crippen LogP contribution is 2.18. The molecule has 0 amide bonds. The number of esters is 1. The molecule has 0 spiro atoms. The molecule has 0 aliphatic heterocycles. The molecule has 0 N–H and O–H groups in total. The Morgan fingerprint density at radius 1 is 0.593 bits per heavy atom. The van der Waals surface area contributed by atoms with Crippen molar-refractivity contribution in [2.24, 2.45) is 5.92 Å². The molecule has 2 nitrogen and oxygen atoms in total. The summed E-state index contributed by atoms with van der Waals surface area (Å²) in [6.45, 7) is 8.36. The van der Waals surface area contributed by atoms with Gasteiger partial charge in [0, 0.05) is 0 Å². The van der Waals surface area contributed by atoms with Gasteiger partial charge in [0.1, 0.15) is 6.10 Å². The molecule has 0 aromatic heterocycles. The molecule has 27 heavy (non-hydrogen) atoms. The second-order valence-corrected chi connectivity index (χ2v) is 8.74. The lowest BCUT2D eigenvalue weighted by Gasteiger charge is -2.19. The first-order valence-electron chi connectivity index (χ1n) is 12.3. The summed E-state index contributed by atoms with van der Waals surface area (Å²) in [5.41, 5.74) is 0. The zero-order valence-corrected chi connectivity index (χ0v) is 19.2. The topological polar surface area (TPSA) is 26.3 Å². The first kappa shape index (κ1) is 26.5. The van der Waals surface area contributed by atoms with Gasteiger partial charge >= 0.3 is 5.97 Å². The van der Waals surface area contributed by atoms with Crippen molar-refractivity contribution in [2.75, 3.05) is 0 Å². The number of hydrogen-bond donors (Lipinski definition) is 0. The minimum absolute atomic E-state index is 0.00896. The van der Waals surface area contributed by atoms with E-state index in [1.165, 1.54) is 103 Å². The van der Waals surface area contributed by atoms with E-state index in [9.17, 15) is 4.79 Å². The highest BCUT2D eigenvalue weighted by molar-refractivity contribution is 5.71. The van der Waals surface area contributed by atoms with E-state index in [0.29, 0.717) is 0 Å². The molecule has 0 rings (SSSR count). The fraction of sp³-hybridized carbons (Fsp3) is 0.960. The summed E-state index contributed by atoms with van der Waals surface area (Å²) in [5.74, 6) is -0.0310. The van der Waals surface area contributed by atoms with Crippen LogP contribution in [0, 0.1) is 5.92 Å². The van der Waals surface area contributed by atoms with E-state index in [2.05, 4.69) is 13.8 Å². The molecule has 162 valence electrons. The Morgan fingerprint density at radius 2 is 0.926 bits per heavy atom. The molecule has 0 heterocycles. The average Bonchev–Trinajstić information content (AvgIpc) is 2.65. The van der Waals surface area contributed by atoms with Crippen LogP contribution in [0.25, 0.3) is 0 Å². The summed E-state index contributed by atoms with van der Waals surface area (Å²) in [5, 5.41) is 0. The van der Waals surface area contributed by atoms with Gasteiger partial charge in [-0.2, -0.15) is 0 Å². The molecule has 0 aliphatic rings. The van der Waals surface area contributed by atoms with Crippen molar-refractivity contribution in [2.45, 2.75) is 149 Å². The quantitative estimate of drug-likeness (QED) is 0.155. The lowest BCUT2D eigenvalue weighted by molar-refractivity contribution is -0.153. The smallest absolute Gasteiger partial charge is 0.308 e. The van der Waals surface area contributed by atoms with E-state index in [-0.39, 0.29) is 18.0 Å². The molecule has 2 heteroatoms. The molecular formula is C25H50O2. The first-order valence-corrected chi connectivity index (χ1v) is 12.3. The fourth-order valence-electron chi connectivity index (χ4n) is 3.57. The molecule has 0 aliphatic carbocycles. The van der Waals surface area contributed by atoms with Gasteiger partial charge in [-0.1, -0.05) is 118 Å². The Labute approximate surface area is 171 Å². The van der Waals surface area contributed by atoms with E-state index in [1.54, 1.807) is 0 Å². The van der Waals surface area contributed by atoms with Crippen LogP contribution < -0.4 is 0 Å². The van der Waals surface area contributed by atoms with E-state index in [0.717, 1.165) is 12.8 Å². The highest BCUT2D eigenvalue weighted by atomic mass is 16.5. The van der Waals surface area contributed by atoms with Crippen LogP contribution in [0.3, 0.4) is 0 Å². The van der Waals surface area contributed by atoms with Crippen LogP contribution in [-0.2, 0) is 9.53 Å². The minimum atomic E-state index is -0.0220. The Bertz CT molecular complexity index is 311. The third kappa shape index (κ3) is 18.6. The zero-order valence-electron chi connectivity index (χ0n) is 19.2. The van der Waals surface area contributed by atoms with Crippen molar-refractivity contribution >= 4 is 5.97 Å². The predicted molar refractivity (Wildman–Crippen MR) is 119 cm³/mol. The molecule has 1 atom stereocenters. The van der Waals surface area contributed by atoms with Crippen molar-refractivity contribution in [3.05, 3.63) is 0 Å². The van der Waals surface area contributed by atoms with Crippen molar-refractivity contribution < 1.29 is 9.53 Å². The van der Waals surface area contributed by atoms with Crippen LogP contribution in [0.15, 0.2) is 0 Å². The third-order valence-electron chi connectivity index (χ3n) is 5.51. The molecule has 0 aromatic carbocycles. The van der Waals surface area contributed by atoms with Gasteiger partial charge < -0.3 is 4.74 Å². The molecule has 0 saturated heterocycles. The van der Waals surface area contributed by atoms with Gasteiger partial charge in [0.05, 0.1) is 5.92 Å². The third-order valence-corrected chi connectivity index (χ3v) is 5.51. The lowest BCUT2D eigenvalue weighted by Crippen LogP contribution is -2.21. The Balaban J connectivity index is 3.59. The van der Waals surface area contributed by atoms with Crippen molar-refractivity contribution in [3.8, 4) is 0 Å². The van der Waals surface area contributed by atoms with Crippen LogP contribution >= 0.6 is 0 Å². The van der Waals surface area contributed by atoms with E-state index >= 15 is 0 Å². The number of carbonyl (C=O) groups is 1. The number of unbranched alkanes of at least 4 members (excludes halogenated alkanes) is 14. The van der Waals surface area contributed by atoms with Crippen LogP contribution in [0.2, 0.25) is 0 Å².